The van der Waals surface area contributed by atoms with Gasteiger partial charge in [-0.2, -0.15) is 23.5 Å². The maximum Gasteiger partial charge on any atom is 0.0593 e. The van der Waals surface area contributed by atoms with Crippen molar-refractivity contribution >= 4 is 23.5 Å². The molecule has 0 aromatic carbocycles. The summed E-state index contributed by atoms with van der Waals surface area (Å²) in [5.74, 6) is 2.66. The minimum absolute atomic E-state index is 0.855. The topological polar surface area (TPSA) is 9.23 Å². The van der Waals surface area contributed by atoms with E-state index in [1.54, 1.807) is 0 Å². The SMILES string of the molecule is C(OC[C@@H]1CS1)[C@@H]1CS1. The van der Waals surface area contributed by atoms with Crippen LogP contribution in [0.5, 0.6) is 0 Å². The quantitative estimate of drug-likeness (QED) is 0.575. The first kappa shape index (κ1) is 6.38. The van der Waals surface area contributed by atoms with Crippen LogP contribution in [0.1, 0.15) is 0 Å². The normalized spacial score (nSPS) is 38.7. The molecule has 2 heterocycles. The molecule has 1 nitrogen and oxygen atoms in total. The van der Waals surface area contributed by atoms with Gasteiger partial charge in [0.05, 0.1) is 13.2 Å². The summed E-state index contributed by atoms with van der Waals surface area (Å²) in [4.78, 5) is 0. The fourth-order valence-corrected chi connectivity index (χ4v) is 1.51. The van der Waals surface area contributed by atoms with Crippen LogP contribution in [0.25, 0.3) is 0 Å². The van der Waals surface area contributed by atoms with Gasteiger partial charge in [0.2, 0.25) is 0 Å². The lowest BCUT2D eigenvalue weighted by Gasteiger charge is -1.96. The molecule has 0 aliphatic carbocycles. The molecule has 0 radical (unpaired) electrons. The molecule has 2 atom stereocenters. The van der Waals surface area contributed by atoms with Crippen LogP contribution >= 0.6 is 23.5 Å². The van der Waals surface area contributed by atoms with E-state index in [0.717, 1.165) is 23.7 Å². The zero-order valence-electron chi connectivity index (χ0n) is 5.21. The number of ether oxygens (including phenoxy) is 1. The monoisotopic (exact) mass is 162 g/mol. The zero-order chi connectivity index (χ0) is 6.10. The Morgan fingerprint density at radius 3 is 1.89 bits per heavy atom. The lowest BCUT2D eigenvalue weighted by Crippen LogP contribution is -2.05. The molecule has 3 heteroatoms. The van der Waals surface area contributed by atoms with Gasteiger partial charge in [-0.3, -0.25) is 0 Å². The maximum absolute atomic E-state index is 5.44. The average Bonchev–Trinajstić information content (AvgIpc) is 2.57. The summed E-state index contributed by atoms with van der Waals surface area (Å²) in [6.45, 7) is 2.00. The van der Waals surface area contributed by atoms with Crippen LogP contribution in [0, 0.1) is 0 Å². The molecule has 2 saturated heterocycles. The zero-order valence-corrected chi connectivity index (χ0v) is 6.84. The Kier molecular flexibility index (Phi) is 1.93. The summed E-state index contributed by atoms with van der Waals surface area (Å²) in [7, 11) is 0. The van der Waals surface area contributed by atoms with Gasteiger partial charge in [0.1, 0.15) is 0 Å². The molecule has 0 N–H and O–H groups in total. The molecule has 0 bridgehead atoms. The number of hydrogen-bond donors (Lipinski definition) is 0. The molecule has 2 fully saturated rings. The Hall–Kier alpha value is 0.660. The van der Waals surface area contributed by atoms with E-state index in [2.05, 4.69) is 0 Å². The highest BCUT2D eigenvalue weighted by Crippen LogP contribution is 2.32. The second-order valence-electron chi connectivity index (χ2n) is 2.45. The lowest BCUT2D eigenvalue weighted by atomic mass is 10.5. The first-order chi connectivity index (χ1) is 4.45. The molecule has 0 aromatic heterocycles. The average molecular weight is 162 g/mol. The van der Waals surface area contributed by atoms with Crippen molar-refractivity contribution in [2.24, 2.45) is 0 Å². The summed E-state index contributed by atoms with van der Waals surface area (Å²) in [6.07, 6.45) is 0. The summed E-state index contributed by atoms with van der Waals surface area (Å²) in [5.41, 5.74) is 0. The predicted octanol–water partition coefficient (Wildman–Crippen LogP) is 1.23. The van der Waals surface area contributed by atoms with Crippen molar-refractivity contribution in [3.63, 3.8) is 0 Å². The van der Waals surface area contributed by atoms with Gasteiger partial charge in [-0.25, -0.2) is 0 Å². The fraction of sp³-hybridized carbons (Fsp3) is 1.00. The van der Waals surface area contributed by atoms with Crippen molar-refractivity contribution in [3.05, 3.63) is 0 Å². The van der Waals surface area contributed by atoms with Gasteiger partial charge in [-0.1, -0.05) is 0 Å². The fourth-order valence-electron chi connectivity index (χ4n) is 0.659. The molecule has 0 saturated carbocycles. The Bertz CT molecular complexity index is 87.2. The van der Waals surface area contributed by atoms with Crippen LogP contribution in [0.2, 0.25) is 0 Å². The van der Waals surface area contributed by atoms with Gasteiger partial charge in [0.25, 0.3) is 0 Å². The summed E-state index contributed by atoms with van der Waals surface area (Å²) < 4.78 is 5.44. The smallest absolute Gasteiger partial charge is 0.0593 e. The molecule has 0 unspecified atom stereocenters. The van der Waals surface area contributed by atoms with Crippen LogP contribution in [-0.2, 0) is 4.74 Å². The van der Waals surface area contributed by atoms with Gasteiger partial charge in [-0.15, -0.1) is 0 Å². The standard InChI is InChI=1S/C6H10OS2/c1(5-3-8-5)7-2-6-4-9-6/h5-6H,1-4H2/t5-,6-/m1/s1. The van der Waals surface area contributed by atoms with Crippen molar-refractivity contribution in [2.75, 3.05) is 24.7 Å². The predicted molar refractivity (Wildman–Crippen MR) is 43.3 cm³/mol. The second-order valence-corrected chi connectivity index (χ2v) is 5.11. The van der Waals surface area contributed by atoms with Crippen LogP contribution in [-0.4, -0.2) is 35.2 Å². The minimum atomic E-state index is 0.855. The minimum Gasteiger partial charge on any atom is -0.379 e. The molecule has 9 heavy (non-hydrogen) atoms. The van der Waals surface area contributed by atoms with Crippen molar-refractivity contribution in [3.8, 4) is 0 Å². The van der Waals surface area contributed by atoms with Gasteiger partial charge in [0, 0.05) is 22.0 Å². The number of thioether (sulfide) groups is 2. The van der Waals surface area contributed by atoms with Crippen molar-refractivity contribution < 1.29 is 4.74 Å². The van der Waals surface area contributed by atoms with Gasteiger partial charge < -0.3 is 4.74 Å². The van der Waals surface area contributed by atoms with Crippen LogP contribution < -0.4 is 0 Å². The highest BCUT2D eigenvalue weighted by Gasteiger charge is 2.26. The van der Waals surface area contributed by atoms with E-state index in [0.29, 0.717) is 0 Å². The van der Waals surface area contributed by atoms with Crippen molar-refractivity contribution in [1.82, 2.24) is 0 Å². The molecule has 2 rings (SSSR count). The van der Waals surface area contributed by atoms with E-state index in [4.69, 9.17) is 4.74 Å². The Labute approximate surface area is 63.9 Å². The third-order valence-corrected chi connectivity index (χ3v) is 3.29. The first-order valence-electron chi connectivity index (χ1n) is 3.26. The molecule has 2 aliphatic rings. The lowest BCUT2D eigenvalue weighted by molar-refractivity contribution is 0.150. The van der Waals surface area contributed by atoms with E-state index in [9.17, 15) is 0 Å². The highest BCUT2D eigenvalue weighted by molar-refractivity contribution is 8.07. The molecular formula is C6H10OS2. The van der Waals surface area contributed by atoms with Crippen LogP contribution in [0.15, 0.2) is 0 Å². The number of hydrogen-bond acceptors (Lipinski definition) is 3. The van der Waals surface area contributed by atoms with Gasteiger partial charge >= 0.3 is 0 Å². The second kappa shape index (κ2) is 2.72. The molecule has 0 aromatic rings. The Balaban J connectivity index is 1.46. The van der Waals surface area contributed by atoms with E-state index in [-0.39, 0.29) is 0 Å². The number of rotatable bonds is 4. The third-order valence-electron chi connectivity index (χ3n) is 1.41. The molecule has 52 valence electrons. The van der Waals surface area contributed by atoms with Crippen molar-refractivity contribution in [2.45, 2.75) is 10.5 Å². The maximum atomic E-state index is 5.44. The van der Waals surface area contributed by atoms with E-state index in [1.165, 1.54) is 11.5 Å². The van der Waals surface area contributed by atoms with Crippen LogP contribution in [0.4, 0.5) is 0 Å². The van der Waals surface area contributed by atoms with E-state index in [1.807, 2.05) is 23.5 Å². The molecule has 0 spiro atoms. The summed E-state index contributed by atoms with van der Waals surface area (Å²) in [6, 6.07) is 0. The summed E-state index contributed by atoms with van der Waals surface area (Å²) in [5, 5.41) is 1.71. The highest BCUT2D eigenvalue weighted by atomic mass is 32.2. The van der Waals surface area contributed by atoms with Crippen molar-refractivity contribution in [1.29, 1.82) is 0 Å². The Morgan fingerprint density at radius 2 is 1.56 bits per heavy atom. The van der Waals surface area contributed by atoms with E-state index < -0.39 is 0 Å². The first-order valence-corrected chi connectivity index (χ1v) is 5.36. The third kappa shape index (κ3) is 2.40. The largest absolute Gasteiger partial charge is 0.379 e. The van der Waals surface area contributed by atoms with E-state index >= 15 is 0 Å². The summed E-state index contributed by atoms with van der Waals surface area (Å²) >= 11 is 4.02. The molecule has 2 aliphatic heterocycles. The molecular weight excluding hydrogens is 152 g/mol. The van der Waals surface area contributed by atoms with Gasteiger partial charge in [-0.05, 0) is 0 Å². The van der Waals surface area contributed by atoms with Crippen LogP contribution in [0.3, 0.4) is 0 Å². The Morgan fingerprint density at radius 1 is 1.11 bits per heavy atom. The molecule has 0 amide bonds. The van der Waals surface area contributed by atoms with Gasteiger partial charge in [0.15, 0.2) is 0 Å².